The summed E-state index contributed by atoms with van der Waals surface area (Å²) in [6.45, 7) is 2.29. The van der Waals surface area contributed by atoms with Gasteiger partial charge in [0, 0.05) is 16.6 Å². The zero-order chi connectivity index (χ0) is 13.1. The topological polar surface area (TPSA) is 82.5 Å². The lowest BCUT2D eigenvalue weighted by Gasteiger charge is -2.04. The van der Waals surface area contributed by atoms with Gasteiger partial charge in [-0.3, -0.25) is 4.79 Å². The van der Waals surface area contributed by atoms with Crippen molar-refractivity contribution in [3.05, 3.63) is 39.8 Å². The van der Waals surface area contributed by atoms with Crippen molar-refractivity contribution < 1.29 is 15.0 Å². The molecule has 0 fully saturated rings. The molecule has 18 heavy (non-hydrogen) atoms. The van der Waals surface area contributed by atoms with Crippen LogP contribution < -0.4 is 5.32 Å². The third kappa shape index (κ3) is 2.78. The summed E-state index contributed by atoms with van der Waals surface area (Å²) in [5.41, 5.74) is 0.298. The van der Waals surface area contributed by atoms with Gasteiger partial charge in [0.2, 0.25) is 0 Å². The number of aryl methyl sites for hydroxylation is 1. The van der Waals surface area contributed by atoms with Crippen molar-refractivity contribution in [2.24, 2.45) is 0 Å². The Morgan fingerprint density at radius 1 is 1.39 bits per heavy atom. The summed E-state index contributed by atoms with van der Waals surface area (Å²) in [5, 5.41) is 22.1. The van der Waals surface area contributed by atoms with Crippen molar-refractivity contribution >= 4 is 17.2 Å². The van der Waals surface area contributed by atoms with E-state index in [-0.39, 0.29) is 17.4 Å². The van der Waals surface area contributed by atoms with E-state index in [9.17, 15) is 9.90 Å². The second-order valence-corrected chi connectivity index (χ2v) is 5.05. The van der Waals surface area contributed by atoms with Gasteiger partial charge in [0.1, 0.15) is 0 Å². The van der Waals surface area contributed by atoms with Crippen LogP contribution in [0.3, 0.4) is 0 Å². The molecular formula is C12H12N2O3S. The smallest absolute Gasteiger partial charge is 0.251 e. The monoisotopic (exact) mass is 264 g/mol. The van der Waals surface area contributed by atoms with Gasteiger partial charge >= 0.3 is 0 Å². The van der Waals surface area contributed by atoms with Gasteiger partial charge in [0.15, 0.2) is 11.5 Å². The van der Waals surface area contributed by atoms with Gasteiger partial charge in [0.25, 0.3) is 5.91 Å². The van der Waals surface area contributed by atoms with E-state index in [1.54, 1.807) is 6.20 Å². The molecule has 0 radical (unpaired) electrons. The maximum Gasteiger partial charge on any atom is 0.251 e. The number of hydrogen-bond acceptors (Lipinski definition) is 5. The van der Waals surface area contributed by atoms with Gasteiger partial charge in [-0.15, -0.1) is 11.3 Å². The van der Waals surface area contributed by atoms with E-state index in [4.69, 9.17) is 5.11 Å². The first-order valence-corrected chi connectivity index (χ1v) is 6.09. The van der Waals surface area contributed by atoms with E-state index >= 15 is 0 Å². The lowest BCUT2D eigenvalue weighted by atomic mass is 10.2. The number of phenolic OH excluding ortho intramolecular Hbond substituents is 2. The standard InChI is InChI=1S/C12H12N2O3S/c1-7-13-5-9(18-7)6-14-12(17)8-2-3-10(15)11(16)4-8/h2-5,15-16H,6H2,1H3,(H,14,17). The fraction of sp³-hybridized carbons (Fsp3) is 0.167. The second-order valence-electron chi connectivity index (χ2n) is 3.73. The molecule has 0 aliphatic heterocycles. The molecule has 2 rings (SSSR count). The molecular weight excluding hydrogens is 252 g/mol. The molecule has 94 valence electrons. The molecule has 0 unspecified atom stereocenters. The maximum atomic E-state index is 11.8. The zero-order valence-corrected chi connectivity index (χ0v) is 10.5. The van der Waals surface area contributed by atoms with Gasteiger partial charge in [-0.05, 0) is 25.1 Å². The highest BCUT2D eigenvalue weighted by molar-refractivity contribution is 7.11. The molecule has 0 bridgehead atoms. The van der Waals surface area contributed by atoms with Crippen molar-refractivity contribution in [1.29, 1.82) is 0 Å². The fourth-order valence-electron chi connectivity index (χ4n) is 1.42. The Labute approximate surface area is 108 Å². The molecule has 3 N–H and O–H groups in total. The normalized spacial score (nSPS) is 10.3. The molecule has 0 spiro atoms. The van der Waals surface area contributed by atoms with Crippen molar-refractivity contribution in [2.45, 2.75) is 13.5 Å². The molecule has 2 aromatic rings. The number of benzene rings is 1. The van der Waals surface area contributed by atoms with Crippen molar-refractivity contribution in [1.82, 2.24) is 10.3 Å². The largest absolute Gasteiger partial charge is 0.504 e. The highest BCUT2D eigenvalue weighted by Crippen LogP contribution is 2.24. The average molecular weight is 264 g/mol. The molecule has 0 aliphatic rings. The Kier molecular flexibility index (Phi) is 3.47. The third-order valence-corrected chi connectivity index (χ3v) is 3.24. The summed E-state index contributed by atoms with van der Waals surface area (Å²) in [6.07, 6.45) is 1.72. The molecule has 0 saturated carbocycles. The number of nitrogens with one attached hydrogen (secondary N) is 1. The minimum Gasteiger partial charge on any atom is -0.504 e. The summed E-state index contributed by atoms with van der Waals surface area (Å²) >= 11 is 1.52. The van der Waals surface area contributed by atoms with Crippen molar-refractivity contribution in [3.8, 4) is 11.5 Å². The Morgan fingerprint density at radius 2 is 2.17 bits per heavy atom. The number of carbonyl (C=O) groups is 1. The summed E-state index contributed by atoms with van der Waals surface area (Å²) in [6, 6.07) is 3.95. The predicted molar refractivity (Wildman–Crippen MR) is 67.8 cm³/mol. The first-order valence-electron chi connectivity index (χ1n) is 5.28. The molecule has 5 nitrogen and oxygen atoms in total. The van der Waals surface area contributed by atoms with E-state index in [1.807, 2.05) is 6.92 Å². The summed E-state index contributed by atoms with van der Waals surface area (Å²) in [7, 11) is 0. The van der Waals surface area contributed by atoms with Crippen LogP contribution in [0.1, 0.15) is 20.2 Å². The van der Waals surface area contributed by atoms with Crippen LogP contribution in [-0.2, 0) is 6.54 Å². The van der Waals surface area contributed by atoms with Crippen LogP contribution in [0.4, 0.5) is 0 Å². The van der Waals surface area contributed by atoms with Crippen LogP contribution in [0.5, 0.6) is 11.5 Å². The number of amides is 1. The number of nitrogens with zero attached hydrogens (tertiary/aromatic N) is 1. The zero-order valence-electron chi connectivity index (χ0n) is 9.67. The lowest BCUT2D eigenvalue weighted by molar-refractivity contribution is 0.0951. The van der Waals surface area contributed by atoms with E-state index in [1.165, 1.54) is 29.5 Å². The highest BCUT2D eigenvalue weighted by atomic mass is 32.1. The first kappa shape index (κ1) is 12.4. The van der Waals surface area contributed by atoms with Gasteiger partial charge in [-0.25, -0.2) is 4.98 Å². The second kappa shape index (κ2) is 5.05. The molecule has 6 heteroatoms. The Morgan fingerprint density at radius 3 is 2.78 bits per heavy atom. The van der Waals surface area contributed by atoms with Crippen LogP contribution in [0.25, 0.3) is 0 Å². The minimum absolute atomic E-state index is 0.246. The molecule has 0 saturated heterocycles. The maximum absolute atomic E-state index is 11.8. The van der Waals surface area contributed by atoms with Crippen LogP contribution in [0.15, 0.2) is 24.4 Å². The van der Waals surface area contributed by atoms with Crippen LogP contribution in [0, 0.1) is 6.92 Å². The number of aromatic hydroxyl groups is 2. The molecule has 1 aromatic carbocycles. The van der Waals surface area contributed by atoms with E-state index in [0.29, 0.717) is 12.1 Å². The van der Waals surface area contributed by atoms with E-state index < -0.39 is 0 Å². The average Bonchev–Trinajstić information content (AvgIpc) is 2.75. The SMILES string of the molecule is Cc1ncc(CNC(=O)c2ccc(O)c(O)c2)s1. The fourth-order valence-corrected chi connectivity index (χ4v) is 2.16. The van der Waals surface area contributed by atoms with Crippen LogP contribution in [-0.4, -0.2) is 21.1 Å². The number of phenols is 2. The number of aromatic nitrogens is 1. The van der Waals surface area contributed by atoms with Gasteiger partial charge in [-0.2, -0.15) is 0 Å². The van der Waals surface area contributed by atoms with Gasteiger partial charge in [0.05, 0.1) is 11.6 Å². The quantitative estimate of drug-likeness (QED) is 0.738. The minimum atomic E-state index is -0.309. The molecule has 0 aliphatic carbocycles. The third-order valence-electron chi connectivity index (χ3n) is 2.33. The number of thiazole rings is 1. The molecule has 0 atom stereocenters. The summed E-state index contributed by atoms with van der Waals surface area (Å²) in [4.78, 5) is 16.8. The van der Waals surface area contributed by atoms with Gasteiger partial charge in [-0.1, -0.05) is 0 Å². The van der Waals surface area contributed by atoms with Crippen LogP contribution >= 0.6 is 11.3 Å². The summed E-state index contributed by atoms with van der Waals surface area (Å²) in [5.74, 6) is -0.864. The summed E-state index contributed by atoms with van der Waals surface area (Å²) < 4.78 is 0. The van der Waals surface area contributed by atoms with E-state index in [2.05, 4.69) is 10.3 Å². The van der Waals surface area contributed by atoms with Gasteiger partial charge < -0.3 is 15.5 Å². The predicted octanol–water partition coefficient (Wildman–Crippen LogP) is 1.79. The Balaban J connectivity index is 2.01. The molecule has 1 amide bonds. The Bertz CT molecular complexity index is 580. The number of rotatable bonds is 3. The number of carbonyl (C=O) groups excluding carboxylic acids is 1. The number of hydrogen-bond donors (Lipinski definition) is 3. The lowest BCUT2D eigenvalue weighted by Crippen LogP contribution is -2.22. The highest BCUT2D eigenvalue weighted by Gasteiger charge is 2.09. The van der Waals surface area contributed by atoms with Crippen molar-refractivity contribution in [2.75, 3.05) is 0 Å². The molecule has 1 aromatic heterocycles. The first-order chi connectivity index (χ1) is 8.56. The van der Waals surface area contributed by atoms with E-state index in [0.717, 1.165) is 9.88 Å². The Hall–Kier alpha value is -2.08. The van der Waals surface area contributed by atoms with Crippen molar-refractivity contribution in [3.63, 3.8) is 0 Å². The molecule has 1 heterocycles. The van der Waals surface area contributed by atoms with Crippen LogP contribution in [0.2, 0.25) is 0 Å².